The third-order valence-electron chi connectivity index (χ3n) is 4.18. The van der Waals surface area contributed by atoms with E-state index in [1.165, 1.54) is 12.7 Å². The van der Waals surface area contributed by atoms with E-state index in [4.69, 9.17) is 4.74 Å². The second-order valence-electron chi connectivity index (χ2n) is 5.54. The van der Waals surface area contributed by atoms with E-state index < -0.39 is 0 Å². The van der Waals surface area contributed by atoms with Crippen LogP contribution >= 0.6 is 0 Å². The van der Waals surface area contributed by atoms with Crippen molar-refractivity contribution in [3.05, 3.63) is 71.3 Å². The lowest BCUT2D eigenvalue weighted by molar-refractivity contribution is -0.521. The Hall–Kier alpha value is -2.42. The molecule has 1 atom stereocenters. The van der Waals surface area contributed by atoms with E-state index in [-0.39, 0.29) is 12.0 Å². The fraction of sp³-hybridized carbons (Fsp3) is 0.300. The first-order valence-electron chi connectivity index (χ1n) is 7.91. The summed E-state index contributed by atoms with van der Waals surface area (Å²) < 4.78 is 6.91. The van der Waals surface area contributed by atoms with Gasteiger partial charge in [-0.1, -0.05) is 43.3 Å². The molecule has 0 spiro atoms. The summed E-state index contributed by atoms with van der Waals surface area (Å²) >= 11 is 0. The maximum Gasteiger partial charge on any atom is 0.374 e. The zero-order valence-corrected chi connectivity index (χ0v) is 14.2. The summed E-state index contributed by atoms with van der Waals surface area (Å²) in [4.78, 5) is 12.0. The van der Waals surface area contributed by atoms with Gasteiger partial charge >= 0.3 is 5.97 Å². The van der Waals surface area contributed by atoms with Crippen LogP contribution in [0.5, 0.6) is 0 Å². The second-order valence-corrected chi connectivity index (χ2v) is 5.54. The molecule has 0 saturated carbocycles. The molecule has 23 heavy (non-hydrogen) atoms. The standard InChI is InChI=1S/C20H24NO2/c1-5-16-11-9-10-14-18(16)19(17-12-7-6-8-13-17)21(3)15(2)20(22)23-4/h6-15H,5H2,1-4H3/q+1/t15-/m0/s1. The van der Waals surface area contributed by atoms with Crippen LogP contribution in [0.4, 0.5) is 0 Å². The molecular formula is C20H24NO2+. The Kier molecular flexibility index (Phi) is 5.69. The van der Waals surface area contributed by atoms with Crippen molar-refractivity contribution in [1.82, 2.24) is 0 Å². The quantitative estimate of drug-likeness (QED) is 0.482. The lowest BCUT2D eigenvalue weighted by atomic mass is 9.95. The Morgan fingerprint density at radius 2 is 1.70 bits per heavy atom. The highest BCUT2D eigenvalue weighted by molar-refractivity contribution is 6.10. The summed E-state index contributed by atoms with van der Waals surface area (Å²) in [6.07, 6.45) is 0.937. The van der Waals surface area contributed by atoms with E-state index in [1.807, 2.05) is 42.8 Å². The molecule has 0 fully saturated rings. The number of methoxy groups -OCH3 is 1. The van der Waals surface area contributed by atoms with Gasteiger partial charge in [-0.25, -0.2) is 9.37 Å². The van der Waals surface area contributed by atoms with Crippen LogP contribution in [0.1, 0.15) is 30.5 Å². The van der Waals surface area contributed by atoms with Gasteiger partial charge in [0.05, 0.1) is 7.11 Å². The number of esters is 1. The number of benzene rings is 2. The summed E-state index contributed by atoms with van der Waals surface area (Å²) in [6.45, 7) is 4.01. The number of rotatable bonds is 5. The van der Waals surface area contributed by atoms with Crippen LogP contribution in [0.3, 0.4) is 0 Å². The maximum absolute atomic E-state index is 12.0. The fourth-order valence-corrected chi connectivity index (χ4v) is 2.73. The molecule has 2 aromatic carbocycles. The first-order valence-corrected chi connectivity index (χ1v) is 7.91. The van der Waals surface area contributed by atoms with E-state index >= 15 is 0 Å². The highest BCUT2D eigenvalue weighted by atomic mass is 16.5. The first kappa shape index (κ1) is 16.9. The molecule has 2 rings (SSSR count). The van der Waals surface area contributed by atoms with Crippen molar-refractivity contribution < 1.29 is 14.1 Å². The van der Waals surface area contributed by atoms with Crippen LogP contribution in [0.15, 0.2) is 54.6 Å². The third-order valence-corrected chi connectivity index (χ3v) is 4.18. The molecule has 0 aliphatic rings. The van der Waals surface area contributed by atoms with Crippen molar-refractivity contribution >= 4 is 11.7 Å². The Bertz CT molecular complexity index is 705. The number of carbonyl (C=O) groups excluding carboxylic acids is 1. The molecule has 0 heterocycles. The van der Waals surface area contributed by atoms with Gasteiger partial charge in [-0.15, -0.1) is 0 Å². The van der Waals surface area contributed by atoms with Crippen LogP contribution in [0.2, 0.25) is 0 Å². The SMILES string of the molecule is CCc1ccccc1C(c1ccccc1)=[N+](C)[C@@H](C)C(=O)OC. The average molecular weight is 310 g/mol. The monoisotopic (exact) mass is 310 g/mol. The second kappa shape index (κ2) is 7.73. The minimum Gasteiger partial charge on any atom is -0.464 e. The van der Waals surface area contributed by atoms with Crippen molar-refractivity contribution in [2.45, 2.75) is 26.3 Å². The van der Waals surface area contributed by atoms with Crippen molar-refractivity contribution in [1.29, 1.82) is 0 Å². The van der Waals surface area contributed by atoms with E-state index in [0.29, 0.717) is 0 Å². The van der Waals surface area contributed by atoms with Crippen molar-refractivity contribution in [2.24, 2.45) is 0 Å². The third kappa shape index (κ3) is 3.67. The number of hydrogen-bond acceptors (Lipinski definition) is 2. The van der Waals surface area contributed by atoms with Crippen LogP contribution in [0, 0.1) is 0 Å². The van der Waals surface area contributed by atoms with Gasteiger partial charge in [-0.3, -0.25) is 0 Å². The molecule has 0 amide bonds. The number of ether oxygens (including phenoxy) is 1. The Morgan fingerprint density at radius 3 is 2.30 bits per heavy atom. The zero-order valence-electron chi connectivity index (χ0n) is 14.2. The van der Waals surface area contributed by atoms with Gasteiger partial charge < -0.3 is 4.74 Å². The molecule has 120 valence electrons. The van der Waals surface area contributed by atoms with Gasteiger partial charge in [0.25, 0.3) is 0 Å². The summed E-state index contributed by atoms with van der Waals surface area (Å²) in [7, 11) is 3.37. The van der Waals surface area contributed by atoms with Crippen molar-refractivity contribution in [3.8, 4) is 0 Å². The Morgan fingerprint density at radius 1 is 1.09 bits per heavy atom. The summed E-state index contributed by atoms with van der Waals surface area (Å²) in [5.74, 6) is -0.241. The average Bonchev–Trinajstić information content (AvgIpc) is 2.61. The maximum atomic E-state index is 12.0. The summed E-state index contributed by atoms with van der Waals surface area (Å²) in [5, 5.41) is 0. The minimum atomic E-state index is -0.361. The predicted octanol–water partition coefficient (Wildman–Crippen LogP) is 3.29. The highest BCUT2D eigenvalue weighted by Gasteiger charge is 2.28. The molecule has 0 bridgehead atoms. The van der Waals surface area contributed by atoms with E-state index in [1.54, 1.807) is 0 Å². The number of nitrogens with zero attached hydrogens (tertiary/aromatic N) is 1. The van der Waals surface area contributed by atoms with Gasteiger partial charge in [-0.05, 0) is 30.2 Å². The zero-order chi connectivity index (χ0) is 16.8. The number of likely N-dealkylation sites (N-methyl/N-ethyl adjacent to an activating group) is 1. The molecule has 0 aliphatic carbocycles. The minimum absolute atomic E-state index is 0.241. The molecular weight excluding hydrogens is 286 g/mol. The van der Waals surface area contributed by atoms with Gasteiger partial charge in [0.1, 0.15) is 7.05 Å². The van der Waals surface area contributed by atoms with Crippen molar-refractivity contribution in [2.75, 3.05) is 14.2 Å². The molecule has 0 radical (unpaired) electrons. The predicted molar refractivity (Wildman–Crippen MR) is 93.1 cm³/mol. The highest BCUT2D eigenvalue weighted by Crippen LogP contribution is 2.17. The van der Waals surface area contributed by atoms with Gasteiger partial charge in [0.2, 0.25) is 11.8 Å². The van der Waals surface area contributed by atoms with Crippen LogP contribution in [-0.4, -0.2) is 36.5 Å². The number of aryl methyl sites for hydroxylation is 1. The van der Waals surface area contributed by atoms with Crippen LogP contribution in [-0.2, 0) is 16.0 Å². The van der Waals surface area contributed by atoms with Gasteiger partial charge in [0.15, 0.2) is 0 Å². The van der Waals surface area contributed by atoms with E-state index in [0.717, 1.165) is 23.3 Å². The van der Waals surface area contributed by atoms with E-state index in [9.17, 15) is 4.79 Å². The largest absolute Gasteiger partial charge is 0.464 e. The topological polar surface area (TPSA) is 29.3 Å². The number of carbonyl (C=O) groups is 1. The molecule has 0 aromatic heterocycles. The smallest absolute Gasteiger partial charge is 0.374 e. The normalized spacial score (nSPS) is 13.2. The Balaban J connectivity index is 2.69. The van der Waals surface area contributed by atoms with Crippen LogP contribution < -0.4 is 0 Å². The molecule has 3 heteroatoms. The van der Waals surface area contributed by atoms with E-state index in [2.05, 4.69) is 37.3 Å². The lowest BCUT2D eigenvalue weighted by Gasteiger charge is -2.14. The lowest BCUT2D eigenvalue weighted by Crippen LogP contribution is -2.35. The first-order chi connectivity index (χ1) is 11.1. The van der Waals surface area contributed by atoms with Crippen LogP contribution in [0.25, 0.3) is 0 Å². The van der Waals surface area contributed by atoms with Crippen molar-refractivity contribution in [3.63, 3.8) is 0 Å². The molecule has 3 nitrogen and oxygen atoms in total. The summed E-state index contributed by atoms with van der Waals surface area (Å²) in [6, 6.07) is 18.1. The Labute approximate surface area is 138 Å². The molecule has 0 saturated heterocycles. The summed E-state index contributed by atoms with van der Waals surface area (Å²) in [5.41, 5.74) is 4.54. The molecule has 0 N–H and O–H groups in total. The van der Waals surface area contributed by atoms with Gasteiger partial charge in [-0.2, -0.15) is 0 Å². The van der Waals surface area contributed by atoms with Gasteiger partial charge in [0, 0.05) is 18.1 Å². The number of hydrogen-bond donors (Lipinski definition) is 0. The molecule has 0 aliphatic heterocycles. The fourth-order valence-electron chi connectivity index (χ4n) is 2.73. The molecule has 2 aromatic rings. The molecule has 0 unspecified atom stereocenters.